The van der Waals surface area contributed by atoms with Crippen LogP contribution in [0.1, 0.15) is 5.56 Å². The monoisotopic (exact) mass is 395 g/mol. The summed E-state index contributed by atoms with van der Waals surface area (Å²) >= 11 is 12.5. The van der Waals surface area contributed by atoms with E-state index >= 15 is 0 Å². The number of carbonyl (C=O) groups excluding carboxylic acids is 1. The number of benzene rings is 1. The van der Waals surface area contributed by atoms with Gasteiger partial charge >= 0.3 is 6.09 Å². The van der Waals surface area contributed by atoms with Gasteiger partial charge in [-0.2, -0.15) is 10.2 Å². The van der Waals surface area contributed by atoms with Gasteiger partial charge in [0, 0.05) is 15.6 Å². The number of hydrogen-bond donors (Lipinski definition) is 1. The number of rotatable bonds is 6. The molecule has 0 radical (unpaired) electrons. The highest BCUT2D eigenvalue weighted by Gasteiger charge is 2.38. The third kappa shape index (κ3) is 3.94. The van der Waals surface area contributed by atoms with E-state index < -0.39 is 11.6 Å². The standard InChI is InChI=1S/C15H15Cl2N7O2/c1-26-14(25)22-15(5-23-9-18-7-20-23,6-24-10-19-8-21-24)12-3-2-11(16)4-13(12)17/h2-4,7-10H,5-6H2,1H3,(H,22,25). The fourth-order valence-electron chi connectivity index (χ4n) is 2.67. The number of alkyl carbamates (subject to hydrolysis) is 1. The van der Waals surface area contributed by atoms with E-state index in [4.69, 9.17) is 27.9 Å². The largest absolute Gasteiger partial charge is 0.453 e. The van der Waals surface area contributed by atoms with Crippen LogP contribution in [0.3, 0.4) is 0 Å². The lowest BCUT2D eigenvalue weighted by Crippen LogP contribution is -2.52. The molecular formula is C15H15Cl2N7O2. The SMILES string of the molecule is COC(=O)NC(Cn1cncn1)(Cn1cncn1)c1ccc(Cl)cc1Cl. The molecule has 0 aliphatic carbocycles. The van der Waals surface area contributed by atoms with E-state index in [0.29, 0.717) is 15.6 Å². The number of ether oxygens (including phenoxy) is 1. The van der Waals surface area contributed by atoms with Crippen LogP contribution in [0.2, 0.25) is 10.0 Å². The average Bonchev–Trinajstić information content (AvgIpc) is 3.28. The molecule has 0 saturated carbocycles. The first kappa shape index (κ1) is 18.2. The van der Waals surface area contributed by atoms with Crippen LogP contribution in [0.4, 0.5) is 4.79 Å². The number of methoxy groups -OCH3 is 1. The maximum atomic E-state index is 12.1. The summed E-state index contributed by atoms with van der Waals surface area (Å²) in [6.45, 7) is 0.451. The zero-order chi connectivity index (χ0) is 18.6. The van der Waals surface area contributed by atoms with Crippen molar-refractivity contribution in [3.8, 4) is 0 Å². The lowest BCUT2D eigenvalue weighted by Gasteiger charge is -2.35. The van der Waals surface area contributed by atoms with Crippen molar-refractivity contribution in [2.75, 3.05) is 7.11 Å². The van der Waals surface area contributed by atoms with Crippen LogP contribution in [0.15, 0.2) is 43.5 Å². The quantitative estimate of drug-likeness (QED) is 0.685. The smallest absolute Gasteiger partial charge is 0.407 e. The highest BCUT2D eigenvalue weighted by Crippen LogP contribution is 2.33. The van der Waals surface area contributed by atoms with E-state index in [-0.39, 0.29) is 13.1 Å². The fourth-order valence-corrected chi connectivity index (χ4v) is 3.26. The van der Waals surface area contributed by atoms with Crippen LogP contribution in [-0.2, 0) is 23.4 Å². The van der Waals surface area contributed by atoms with Crippen LogP contribution in [0, 0.1) is 0 Å². The topological polar surface area (TPSA) is 99.8 Å². The summed E-state index contributed by atoms with van der Waals surface area (Å²) in [5.41, 5.74) is -0.421. The van der Waals surface area contributed by atoms with E-state index in [1.807, 2.05) is 0 Å². The number of amides is 1. The predicted octanol–water partition coefficient (Wildman–Crippen LogP) is 2.13. The number of aromatic nitrogens is 6. The highest BCUT2D eigenvalue weighted by atomic mass is 35.5. The first-order valence-electron chi connectivity index (χ1n) is 7.49. The fraction of sp³-hybridized carbons (Fsp3) is 0.267. The maximum Gasteiger partial charge on any atom is 0.407 e. The Hall–Kier alpha value is -2.65. The molecule has 0 unspecified atom stereocenters. The summed E-state index contributed by atoms with van der Waals surface area (Å²) < 4.78 is 7.98. The van der Waals surface area contributed by atoms with Crippen molar-refractivity contribution in [3.63, 3.8) is 0 Å². The summed E-state index contributed by atoms with van der Waals surface area (Å²) in [5, 5.41) is 12.0. The van der Waals surface area contributed by atoms with Gasteiger partial charge in [-0.25, -0.2) is 14.8 Å². The van der Waals surface area contributed by atoms with E-state index in [1.54, 1.807) is 40.2 Å². The molecule has 0 spiro atoms. The lowest BCUT2D eigenvalue weighted by atomic mass is 9.89. The first-order chi connectivity index (χ1) is 12.5. The predicted molar refractivity (Wildman–Crippen MR) is 93.7 cm³/mol. The molecule has 1 aromatic carbocycles. The number of nitrogens with one attached hydrogen (secondary N) is 1. The molecule has 0 bridgehead atoms. The van der Waals surface area contributed by atoms with Crippen LogP contribution in [0.5, 0.6) is 0 Å². The third-order valence-electron chi connectivity index (χ3n) is 3.77. The van der Waals surface area contributed by atoms with Gasteiger partial charge in [0.1, 0.15) is 30.8 Å². The minimum absolute atomic E-state index is 0.226. The summed E-state index contributed by atoms with van der Waals surface area (Å²) in [6, 6.07) is 5.04. The van der Waals surface area contributed by atoms with Gasteiger partial charge in [0.05, 0.1) is 20.2 Å². The van der Waals surface area contributed by atoms with E-state index in [2.05, 4.69) is 25.5 Å². The summed E-state index contributed by atoms with van der Waals surface area (Å²) in [6.07, 6.45) is 5.26. The molecule has 2 aromatic heterocycles. The molecule has 26 heavy (non-hydrogen) atoms. The molecule has 0 saturated heterocycles. The normalized spacial score (nSPS) is 11.3. The van der Waals surface area contributed by atoms with Crippen molar-refractivity contribution in [2.45, 2.75) is 18.6 Å². The van der Waals surface area contributed by atoms with Gasteiger partial charge in [0.2, 0.25) is 0 Å². The van der Waals surface area contributed by atoms with Crippen molar-refractivity contribution in [1.29, 1.82) is 0 Å². The Morgan fingerprint density at radius 3 is 2.23 bits per heavy atom. The summed E-state index contributed by atoms with van der Waals surface area (Å²) in [4.78, 5) is 20.0. The Balaban J connectivity index is 2.13. The summed E-state index contributed by atoms with van der Waals surface area (Å²) in [5.74, 6) is 0. The summed E-state index contributed by atoms with van der Waals surface area (Å²) in [7, 11) is 1.29. The molecule has 11 heteroatoms. The van der Waals surface area contributed by atoms with Crippen LogP contribution < -0.4 is 5.32 Å². The average molecular weight is 396 g/mol. The molecule has 0 aliphatic rings. The van der Waals surface area contributed by atoms with Crippen molar-refractivity contribution in [1.82, 2.24) is 34.8 Å². The van der Waals surface area contributed by atoms with Crippen LogP contribution in [0.25, 0.3) is 0 Å². The van der Waals surface area contributed by atoms with Gasteiger partial charge in [0.25, 0.3) is 0 Å². The number of halogens is 2. The van der Waals surface area contributed by atoms with Gasteiger partial charge in [-0.3, -0.25) is 9.36 Å². The molecule has 0 atom stereocenters. The molecule has 0 aliphatic heterocycles. The molecule has 0 fully saturated rings. The van der Waals surface area contributed by atoms with Crippen molar-refractivity contribution in [2.24, 2.45) is 0 Å². The van der Waals surface area contributed by atoms with Gasteiger partial charge in [-0.05, 0) is 12.1 Å². The molecule has 9 nitrogen and oxygen atoms in total. The van der Waals surface area contributed by atoms with Crippen LogP contribution >= 0.6 is 23.2 Å². The molecule has 2 heterocycles. The second-order valence-corrected chi connectivity index (χ2v) is 6.35. The van der Waals surface area contributed by atoms with Gasteiger partial charge < -0.3 is 10.1 Å². The van der Waals surface area contributed by atoms with E-state index in [0.717, 1.165) is 0 Å². The van der Waals surface area contributed by atoms with Gasteiger partial charge in [0.15, 0.2) is 0 Å². The van der Waals surface area contributed by atoms with Crippen molar-refractivity contribution >= 4 is 29.3 Å². The molecule has 1 N–H and O–H groups in total. The highest BCUT2D eigenvalue weighted by molar-refractivity contribution is 6.35. The second kappa shape index (κ2) is 7.71. The number of hydrogen-bond acceptors (Lipinski definition) is 6. The van der Waals surface area contributed by atoms with Crippen molar-refractivity contribution < 1.29 is 9.53 Å². The Morgan fingerprint density at radius 2 is 1.77 bits per heavy atom. The Kier molecular flexibility index (Phi) is 5.38. The van der Waals surface area contributed by atoms with E-state index in [9.17, 15) is 4.79 Å². The Bertz CT molecular complexity index is 832. The molecular weight excluding hydrogens is 381 g/mol. The lowest BCUT2D eigenvalue weighted by molar-refractivity contribution is 0.141. The van der Waals surface area contributed by atoms with Crippen molar-refractivity contribution in [3.05, 3.63) is 59.1 Å². The van der Waals surface area contributed by atoms with Crippen LogP contribution in [-0.4, -0.2) is 42.7 Å². The Labute approximate surface area is 158 Å². The van der Waals surface area contributed by atoms with Gasteiger partial charge in [-0.15, -0.1) is 0 Å². The zero-order valence-corrected chi connectivity index (χ0v) is 15.2. The van der Waals surface area contributed by atoms with Gasteiger partial charge in [-0.1, -0.05) is 29.3 Å². The molecule has 136 valence electrons. The van der Waals surface area contributed by atoms with E-state index in [1.165, 1.54) is 19.8 Å². The second-order valence-electron chi connectivity index (χ2n) is 5.51. The number of carbonyl (C=O) groups is 1. The maximum absolute atomic E-state index is 12.1. The number of nitrogens with zero attached hydrogens (tertiary/aromatic N) is 6. The Morgan fingerprint density at radius 1 is 1.15 bits per heavy atom. The zero-order valence-electron chi connectivity index (χ0n) is 13.7. The minimum atomic E-state index is -1.05. The molecule has 3 aromatic rings. The minimum Gasteiger partial charge on any atom is -0.453 e. The first-order valence-corrected chi connectivity index (χ1v) is 8.24. The molecule has 1 amide bonds. The molecule has 3 rings (SSSR count). The third-order valence-corrected chi connectivity index (χ3v) is 4.32.